The normalized spacial score (nSPS) is 34.6. The molecule has 0 aliphatic carbocycles. The van der Waals surface area contributed by atoms with Crippen LogP contribution in [-0.4, -0.2) is 143 Å². The van der Waals surface area contributed by atoms with E-state index in [-0.39, 0.29) is 31.8 Å². The minimum absolute atomic E-state index is 0.0296. The van der Waals surface area contributed by atoms with Crippen LogP contribution >= 0.6 is 23.2 Å². The minimum atomic E-state index is -2.22. The van der Waals surface area contributed by atoms with Crippen LogP contribution in [0, 0.1) is 17.3 Å². The fourth-order valence-electron chi connectivity index (χ4n) is 9.35. The third-order valence-corrected chi connectivity index (χ3v) is 13.7. The van der Waals surface area contributed by atoms with Crippen molar-refractivity contribution in [3.05, 3.63) is 58.1 Å². The number of esters is 3. The molecular formula is C48H71Cl2N3O12. The summed E-state index contributed by atoms with van der Waals surface area (Å²) in [5, 5.41) is 40.0. The Morgan fingerprint density at radius 3 is 2.20 bits per heavy atom. The molecule has 0 bridgehead atoms. The Morgan fingerprint density at radius 1 is 0.969 bits per heavy atom. The van der Waals surface area contributed by atoms with Gasteiger partial charge >= 0.3 is 17.9 Å². The fraction of sp³-hybridized carbons (Fsp3) is 0.667. The van der Waals surface area contributed by atoms with Crippen molar-refractivity contribution in [3.63, 3.8) is 0 Å². The summed E-state index contributed by atoms with van der Waals surface area (Å²) in [5.74, 6) is -5.05. The van der Waals surface area contributed by atoms with E-state index in [1.807, 2.05) is 37.7 Å². The average Bonchev–Trinajstić information content (AvgIpc) is 3.22. The number of hydrogen-bond donors (Lipinski definition) is 4. The summed E-state index contributed by atoms with van der Waals surface area (Å²) >= 11 is 12.9. The Labute approximate surface area is 394 Å². The first-order chi connectivity index (χ1) is 30.3. The van der Waals surface area contributed by atoms with Gasteiger partial charge in [-0.2, -0.15) is 0 Å². The lowest BCUT2D eigenvalue weighted by Gasteiger charge is -2.47. The lowest BCUT2D eigenvalue weighted by atomic mass is 9.72. The van der Waals surface area contributed by atoms with Crippen LogP contribution in [-0.2, 0) is 49.3 Å². The standard InChI is InChI=1S/C48H71Cl2N3O12/c1-13-36-48(9,60)42(57)30(6)53(12)26-27(3)24-47(8,59)43(29(5)41(56)46(7,45(58)63-36)25-38(55)61-14-2)65-44-40(35(52(10)11)22-28(4)62-44)64-37(54)23-31-18-15-16-21-34(31)51-39-32(49)19-17-20-33(39)50/h15-21,27-30,35-36,40,42-44,51,57,59-60H,13-14,22-26H2,1-12H3/t27-,28-,29+,30-,35+,36-,40-,42-,43-,44+,46+,47-,48-/m1/s1. The summed E-state index contributed by atoms with van der Waals surface area (Å²) in [6, 6.07) is 11.1. The molecule has 17 heteroatoms. The van der Waals surface area contributed by atoms with Crippen molar-refractivity contribution in [3.8, 4) is 0 Å². The van der Waals surface area contributed by atoms with Crippen LogP contribution in [0.4, 0.5) is 11.4 Å². The summed E-state index contributed by atoms with van der Waals surface area (Å²) in [4.78, 5) is 60.7. The highest BCUT2D eigenvalue weighted by atomic mass is 35.5. The highest BCUT2D eigenvalue weighted by Gasteiger charge is 2.55. The van der Waals surface area contributed by atoms with Crippen molar-refractivity contribution >= 4 is 58.3 Å². The van der Waals surface area contributed by atoms with Gasteiger partial charge in [-0.05, 0) is 112 Å². The highest BCUT2D eigenvalue weighted by molar-refractivity contribution is 6.39. The maximum atomic E-state index is 15.1. The minimum Gasteiger partial charge on any atom is -0.466 e. The summed E-state index contributed by atoms with van der Waals surface area (Å²) < 4.78 is 30.7. The molecule has 2 aromatic carbocycles. The number of halogens is 2. The van der Waals surface area contributed by atoms with E-state index >= 15 is 4.79 Å². The molecule has 0 amide bonds. The molecule has 2 aromatic rings. The van der Waals surface area contributed by atoms with Gasteiger partial charge < -0.3 is 54.1 Å². The summed E-state index contributed by atoms with van der Waals surface area (Å²) in [6.45, 7) is 14.7. The van der Waals surface area contributed by atoms with Crippen LogP contribution in [0.3, 0.4) is 0 Å². The van der Waals surface area contributed by atoms with Crippen molar-refractivity contribution in [2.24, 2.45) is 17.3 Å². The number of para-hydroxylation sites is 2. The van der Waals surface area contributed by atoms with E-state index in [4.69, 9.17) is 46.9 Å². The molecule has 364 valence electrons. The number of rotatable bonds is 12. The van der Waals surface area contributed by atoms with Crippen LogP contribution in [0.15, 0.2) is 42.5 Å². The van der Waals surface area contributed by atoms with Crippen LogP contribution in [0.2, 0.25) is 10.0 Å². The third-order valence-electron chi connectivity index (χ3n) is 13.0. The maximum absolute atomic E-state index is 15.1. The Morgan fingerprint density at radius 2 is 1.60 bits per heavy atom. The zero-order valence-corrected chi connectivity index (χ0v) is 41.4. The second kappa shape index (κ2) is 22.6. The lowest BCUT2D eigenvalue weighted by Crippen LogP contribution is -2.60. The average molecular weight is 953 g/mol. The van der Waals surface area contributed by atoms with Crippen molar-refractivity contribution in [2.75, 3.05) is 39.6 Å². The number of cyclic esters (lactones) is 1. The number of aliphatic hydroxyl groups is 3. The molecule has 2 fully saturated rings. The van der Waals surface area contributed by atoms with E-state index in [0.29, 0.717) is 39.9 Å². The summed E-state index contributed by atoms with van der Waals surface area (Å²) in [6.07, 6.45) is -7.39. The monoisotopic (exact) mass is 951 g/mol. The third kappa shape index (κ3) is 13.0. The van der Waals surface area contributed by atoms with Gasteiger partial charge in [0.05, 0.1) is 59.0 Å². The topological polar surface area (TPSA) is 194 Å². The van der Waals surface area contributed by atoms with Gasteiger partial charge in [0, 0.05) is 24.2 Å². The maximum Gasteiger partial charge on any atom is 0.320 e. The molecule has 2 saturated heterocycles. The second-order valence-electron chi connectivity index (χ2n) is 18.9. The van der Waals surface area contributed by atoms with Crippen LogP contribution in [0.1, 0.15) is 93.6 Å². The number of carbonyl (C=O) groups is 4. The highest BCUT2D eigenvalue weighted by Crippen LogP contribution is 2.40. The molecule has 2 aliphatic heterocycles. The fourth-order valence-corrected chi connectivity index (χ4v) is 9.84. The molecule has 2 heterocycles. The molecule has 0 aromatic heterocycles. The number of hydrogen-bond acceptors (Lipinski definition) is 15. The largest absolute Gasteiger partial charge is 0.466 e. The molecule has 2 aliphatic rings. The van der Waals surface area contributed by atoms with E-state index < -0.39 is 102 Å². The Bertz CT molecular complexity index is 1950. The first-order valence-electron chi connectivity index (χ1n) is 22.5. The predicted molar refractivity (Wildman–Crippen MR) is 248 cm³/mol. The van der Waals surface area contributed by atoms with Gasteiger partial charge in [-0.1, -0.05) is 68.2 Å². The molecule has 4 rings (SSSR count). The predicted octanol–water partition coefficient (Wildman–Crippen LogP) is 6.35. The van der Waals surface area contributed by atoms with Gasteiger partial charge in [0.2, 0.25) is 0 Å². The zero-order chi connectivity index (χ0) is 48.8. The number of Topliss-reactive ketones (excluding diaryl/α,β-unsaturated/α-hetero) is 1. The van der Waals surface area contributed by atoms with Crippen molar-refractivity contribution in [1.82, 2.24) is 9.80 Å². The van der Waals surface area contributed by atoms with Crippen LogP contribution < -0.4 is 5.32 Å². The molecule has 4 N–H and O–H groups in total. The quantitative estimate of drug-likeness (QED) is 0.104. The summed E-state index contributed by atoms with van der Waals surface area (Å²) in [7, 11) is 5.45. The number of ketones is 1. The van der Waals surface area contributed by atoms with E-state index in [1.165, 1.54) is 27.7 Å². The number of nitrogens with one attached hydrogen (secondary N) is 1. The van der Waals surface area contributed by atoms with Crippen LogP contribution in [0.5, 0.6) is 0 Å². The van der Waals surface area contributed by atoms with Gasteiger partial charge in [0.25, 0.3) is 0 Å². The number of benzene rings is 2. The van der Waals surface area contributed by atoms with Crippen molar-refractivity contribution < 1.29 is 58.2 Å². The van der Waals surface area contributed by atoms with E-state index in [0.717, 1.165) is 0 Å². The van der Waals surface area contributed by atoms with Crippen LogP contribution in [0.25, 0.3) is 0 Å². The number of carbonyl (C=O) groups excluding carboxylic acids is 4. The number of likely N-dealkylation sites (N-methyl/N-ethyl adjacent to an activating group) is 2. The first kappa shape index (κ1) is 54.2. The Kier molecular flexibility index (Phi) is 18.9. The van der Waals surface area contributed by atoms with Gasteiger partial charge in [0.1, 0.15) is 23.2 Å². The number of ether oxygens (including phenoxy) is 5. The SMILES string of the molecule is CCOC(=O)C[C@]1(C)C(=O)O[C@H](CC)[C@@](C)(O)[C@H](O)[C@@H](C)N(C)C[C@H](C)C[C@@](C)(O)[C@H](O[C@@H]2O[C@H](C)C[C@H](N(C)C)[C@H]2OC(=O)Cc2ccccc2Nc2c(Cl)cccc2Cl)[C@@H](C)C1=O. The van der Waals surface area contributed by atoms with Gasteiger partial charge in [-0.3, -0.25) is 19.2 Å². The molecule has 65 heavy (non-hydrogen) atoms. The first-order valence-corrected chi connectivity index (χ1v) is 23.2. The number of aliphatic hydroxyl groups excluding tert-OH is 1. The molecule has 15 nitrogen and oxygen atoms in total. The number of anilines is 2. The van der Waals surface area contributed by atoms with Crippen molar-refractivity contribution in [1.29, 1.82) is 0 Å². The van der Waals surface area contributed by atoms with Crippen molar-refractivity contribution in [2.45, 2.75) is 155 Å². The smallest absolute Gasteiger partial charge is 0.320 e. The van der Waals surface area contributed by atoms with E-state index in [2.05, 4.69) is 5.32 Å². The lowest BCUT2D eigenvalue weighted by molar-refractivity contribution is -0.296. The molecule has 13 atom stereocenters. The zero-order valence-electron chi connectivity index (χ0n) is 39.9. The molecule has 0 saturated carbocycles. The Balaban J connectivity index is 1.80. The molecule has 0 unspecified atom stereocenters. The molecular weight excluding hydrogens is 881 g/mol. The van der Waals surface area contributed by atoms with E-state index in [1.54, 1.807) is 70.3 Å². The van der Waals surface area contributed by atoms with Gasteiger partial charge in [0.15, 0.2) is 18.2 Å². The number of nitrogens with zero attached hydrogens (tertiary/aromatic N) is 2. The van der Waals surface area contributed by atoms with E-state index in [9.17, 15) is 29.7 Å². The molecule has 0 radical (unpaired) electrons. The van der Waals surface area contributed by atoms with Gasteiger partial charge in [-0.15, -0.1) is 0 Å². The molecule has 0 spiro atoms. The second-order valence-corrected chi connectivity index (χ2v) is 19.7. The summed E-state index contributed by atoms with van der Waals surface area (Å²) in [5.41, 5.74) is -4.41. The van der Waals surface area contributed by atoms with Gasteiger partial charge in [-0.25, -0.2) is 0 Å². The Hall–Kier alpha value is -3.38.